The topological polar surface area (TPSA) is 21.8 Å². The summed E-state index contributed by atoms with van der Waals surface area (Å²) in [6, 6.07) is 14.6. The Bertz CT molecular complexity index is 550. The van der Waals surface area contributed by atoms with E-state index in [4.69, 9.17) is 9.47 Å². The van der Waals surface area contributed by atoms with Crippen molar-refractivity contribution in [2.24, 2.45) is 0 Å². The smallest absolute Gasteiger partial charge is 0.127 e. The van der Waals surface area contributed by atoms with Gasteiger partial charge in [0.25, 0.3) is 0 Å². The Balaban J connectivity index is 1.81. The van der Waals surface area contributed by atoms with Gasteiger partial charge in [0.05, 0.1) is 6.10 Å². The molecule has 1 saturated heterocycles. The molecule has 2 heteroatoms. The molecular formula is C16H18O2. The van der Waals surface area contributed by atoms with E-state index in [1.165, 1.54) is 10.8 Å². The largest absolute Gasteiger partial charge is 0.488 e. The molecule has 1 aliphatic heterocycles. The average molecular weight is 242 g/mol. The predicted molar refractivity (Wildman–Crippen MR) is 73.0 cm³/mol. The second kappa shape index (κ2) is 4.62. The molecule has 0 radical (unpaired) electrons. The number of ether oxygens (including phenoxy) is 2. The molecule has 18 heavy (non-hydrogen) atoms. The van der Waals surface area contributed by atoms with Gasteiger partial charge in [0.1, 0.15) is 18.0 Å². The predicted octanol–water partition coefficient (Wildman–Crippen LogP) is 3.78. The molecule has 1 aliphatic rings. The van der Waals surface area contributed by atoms with Crippen molar-refractivity contribution < 1.29 is 9.47 Å². The van der Waals surface area contributed by atoms with Gasteiger partial charge in [0.15, 0.2) is 0 Å². The van der Waals surface area contributed by atoms with E-state index in [-0.39, 0.29) is 12.2 Å². The van der Waals surface area contributed by atoms with E-state index < -0.39 is 0 Å². The van der Waals surface area contributed by atoms with E-state index in [9.17, 15) is 0 Å². The fourth-order valence-corrected chi connectivity index (χ4v) is 2.39. The van der Waals surface area contributed by atoms with Gasteiger partial charge in [-0.1, -0.05) is 37.3 Å². The summed E-state index contributed by atoms with van der Waals surface area (Å²) in [4.78, 5) is 0. The molecule has 0 saturated carbocycles. The molecule has 0 aromatic heterocycles. The third-order valence-corrected chi connectivity index (χ3v) is 3.54. The maximum Gasteiger partial charge on any atom is 0.127 e. The zero-order chi connectivity index (χ0) is 12.5. The van der Waals surface area contributed by atoms with E-state index in [0.717, 1.165) is 12.2 Å². The fraction of sp³-hybridized carbons (Fsp3) is 0.375. The quantitative estimate of drug-likeness (QED) is 0.761. The minimum Gasteiger partial charge on any atom is -0.488 e. The lowest BCUT2D eigenvalue weighted by Crippen LogP contribution is -2.23. The van der Waals surface area contributed by atoms with Crippen molar-refractivity contribution >= 4 is 10.8 Å². The molecule has 2 aromatic carbocycles. The lowest BCUT2D eigenvalue weighted by atomic mass is 10.1. The first kappa shape index (κ1) is 11.5. The normalized spacial score (nSPS) is 23.9. The van der Waals surface area contributed by atoms with Crippen LogP contribution in [0.5, 0.6) is 5.75 Å². The van der Waals surface area contributed by atoms with Gasteiger partial charge in [-0.05, 0) is 36.2 Å². The number of hydrogen-bond acceptors (Lipinski definition) is 2. The first-order valence-corrected chi connectivity index (χ1v) is 6.59. The zero-order valence-electron chi connectivity index (χ0n) is 10.8. The van der Waals surface area contributed by atoms with E-state index in [0.29, 0.717) is 6.10 Å². The Morgan fingerprint density at radius 2 is 1.89 bits per heavy atom. The van der Waals surface area contributed by atoms with Gasteiger partial charge in [-0.15, -0.1) is 0 Å². The standard InChI is InChI=1S/C16H18O2/c1-3-15(16-11(2)17-16)18-14-9-8-12-6-4-5-7-13(12)10-14/h4-11,15-16H,3H2,1-2H3. The first-order valence-electron chi connectivity index (χ1n) is 6.59. The molecule has 3 rings (SSSR count). The molecule has 0 N–H and O–H groups in total. The van der Waals surface area contributed by atoms with E-state index in [1.807, 2.05) is 6.07 Å². The van der Waals surface area contributed by atoms with Gasteiger partial charge in [-0.3, -0.25) is 0 Å². The minimum absolute atomic E-state index is 0.168. The van der Waals surface area contributed by atoms with Crippen molar-refractivity contribution in [2.45, 2.75) is 38.6 Å². The van der Waals surface area contributed by atoms with E-state index in [1.54, 1.807) is 0 Å². The summed E-state index contributed by atoms with van der Waals surface area (Å²) >= 11 is 0. The lowest BCUT2D eigenvalue weighted by Gasteiger charge is -2.16. The second-order valence-corrected chi connectivity index (χ2v) is 4.88. The number of rotatable bonds is 4. The molecule has 94 valence electrons. The van der Waals surface area contributed by atoms with Crippen LogP contribution in [0.2, 0.25) is 0 Å². The van der Waals surface area contributed by atoms with Crippen molar-refractivity contribution in [1.29, 1.82) is 0 Å². The Labute approximate surface area is 108 Å². The molecular weight excluding hydrogens is 224 g/mol. The molecule has 1 fully saturated rings. The SMILES string of the molecule is CCC(Oc1ccc2ccccc2c1)C1OC1C. The number of epoxide rings is 1. The van der Waals surface area contributed by atoms with Gasteiger partial charge >= 0.3 is 0 Å². The summed E-state index contributed by atoms with van der Waals surface area (Å²) in [5, 5.41) is 2.46. The van der Waals surface area contributed by atoms with Crippen LogP contribution < -0.4 is 4.74 Å². The molecule has 0 amide bonds. The first-order chi connectivity index (χ1) is 8.78. The van der Waals surface area contributed by atoms with Crippen molar-refractivity contribution in [2.75, 3.05) is 0 Å². The Morgan fingerprint density at radius 1 is 1.17 bits per heavy atom. The van der Waals surface area contributed by atoms with Crippen LogP contribution in [0.25, 0.3) is 10.8 Å². The minimum atomic E-state index is 0.168. The third-order valence-electron chi connectivity index (χ3n) is 3.54. The highest BCUT2D eigenvalue weighted by atomic mass is 16.6. The van der Waals surface area contributed by atoms with Gasteiger partial charge in [-0.25, -0.2) is 0 Å². The zero-order valence-corrected chi connectivity index (χ0v) is 10.8. The highest BCUT2D eigenvalue weighted by molar-refractivity contribution is 5.83. The molecule has 2 nitrogen and oxygen atoms in total. The van der Waals surface area contributed by atoms with Gasteiger partial charge in [-0.2, -0.15) is 0 Å². The molecule has 1 heterocycles. The van der Waals surface area contributed by atoms with Crippen LogP contribution in [-0.2, 0) is 4.74 Å². The van der Waals surface area contributed by atoms with Crippen LogP contribution in [0.15, 0.2) is 42.5 Å². The second-order valence-electron chi connectivity index (χ2n) is 4.88. The van der Waals surface area contributed by atoms with Gasteiger partial charge in [0, 0.05) is 0 Å². The van der Waals surface area contributed by atoms with Crippen LogP contribution in [-0.4, -0.2) is 18.3 Å². The summed E-state index contributed by atoms with van der Waals surface area (Å²) in [7, 11) is 0. The van der Waals surface area contributed by atoms with Gasteiger partial charge < -0.3 is 9.47 Å². The van der Waals surface area contributed by atoms with Crippen molar-refractivity contribution in [1.82, 2.24) is 0 Å². The van der Waals surface area contributed by atoms with Crippen molar-refractivity contribution in [3.05, 3.63) is 42.5 Å². The van der Waals surface area contributed by atoms with E-state index >= 15 is 0 Å². The van der Waals surface area contributed by atoms with Gasteiger partial charge in [0.2, 0.25) is 0 Å². The molecule has 0 bridgehead atoms. The van der Waals surface area contributed by atoms with Crippen LogP contribution in [0.1, 0.15) is 20.3 Å². The number of benzene rings is 2. The molecule has 3 unspecified atom stereocenters. The van der Waals surface area contributed by atoms with Crippen molar-refractivity contribution in [3.8, 4) is 5.75 Å². The maximum atomic E-state index is 6.04. The lowest BCUT2D eigenvalue weighted by molar-refractivity contribution is 0.155. The Morgan fingerprint density at radius 3 is 2.56 bits per heavy atom. The number of fused-ring (bicyclic) bond motifs is 1. The van der Waals surface area contributed by atoms with Crippen molar-refractivity contribution in [3.63, 3.8) is 0 Å². The molecule has 2 aromatic rings. The monoisotopic (exact) mass is 242 g/mol. The van der Waals surface area contributed by atoms with Crippen LogP contribution >= 0.6 is 0 Å². The highest BCUT2D eigenvalue weighted by Crippen LogP contribution is 2.30. The molecule has 3 atom stereocenters. The maximum absolute atomic E-state index is 6.04. The summed E-state index contributed by atoms with van der Waals surface area (Å²) in [5.74, 6) is 0.934. The van der Waals surface area contributed by atoms with Crippen LogP contribution in [0.4, 0.5) is 0 Å². The van der Waals surface area contributed by atoms with Crippen LogP contribution in [0, 0.1) is 0 Å². The Hall–Kier alpha value is -1.54. The fourth-order valence-electron chi connectivity index (χ4n) is 2.39. The summed E-state index contributed by atoms with van der Waals surface area (Å²) in [6.07, 6.45) is 1.75. The molecule has 0 aliphatic carbocycles. The third kappa shape index (κ3) is 2.21. The summed E-state index contributed by atoms with van der Waals surface area (Å²) in [6.45, 7) is 4.23. The average Bonchev–Trinajstić information content (AvgIpc) is 3.13. The van der Waals surface area contributed by atoms with Crippen LogP contribution in [0.3, 0.4) is 0 Å². The summed E-state index contributed by atoms with van der Waals surface area (Å²) in [5.41, 5.74) is 0. The number of hydrogen-bond donors (Lipinski definition) is 0. The Kier molecular flexibility index (Phi) is 2.96. The molecule has 0 spiro atoms. The summed E-state index contributed by atoms with van der Waals surface area (Å²) < 4.78 is 11.5. The highest BCUT2D eigenvalue weighted by Gasteiger charge is 2.41. The van der Waals surface area contributed by atoms with E-state index in [2.05, 4.69) is 50.2 Å².